The number of carbonyl (C=O) groups excluding carboxylic acids is 1. The Morgan fingerprint density at radius 2 is 1.71 bits per heavy atom. The molecule has 2 fully saturated rings. The van der Waals surface area contributed by atoms with Crippen molar-refractivity contribution in [1.29, 1.82) is 5.41 Å². The van der Waals surface area contributed by atoms with Crippen LogP contribution in [-0.4, -0.2) is 70.7 Å². The molecule has 2 aromatic carbocycles. The quantitative estimate of drug-likeness (QED) is 0.408. The summed E-state index contributed by atoms with van der Waals surface area (Å²) < 4.78 is 5.88. The normalized spacial score (nSPS) is 18.7. The lowest BCUT2D eigenvalue weighted by Crippen LogP contribution is -2.49. The van der Waals surface area contributed by atoms with Crippen molar-refractivity contribution in [2.75, 3.05) is 44.3 Å². The SMILES string of the molecule is CN1CCC(C(=O)N2CCC[C@@H](Nc3ncnc(N)c3C(=N)c3ccc(Oc4ccccc4)cc3)C2)CC1. The van der Waals surface area contributed by atoms with Crippen molar-refractivity contribution in [2.24, 2.45) is 5.92 Å². The Bertz CT molecular complexity index is 1260. The molecule has 0 radical (unpaired) electrons. The Balaban J connectivity index is 1.27. The van der Waals surface area contributed by atoms with Gasteiger partial charge in [-0.05, 0) is 82.2 Å². The molecule has 38 heavy (non-hydrogen) atoms. The number of nitrogens with one attached hydrogen (secondary N) is 2. The molecular weight excluding hydrogens is 478 g/mol. The Labute approximate surface area is 223 Å². The highest BCUT2D eigenvalue weighted by Crippen LogP contribution is 2.27. The summed E-state index contributed by atoms with van der Waals surface area (Å²) in [6.45, 7) is 3.34. The number of hydrogen-bond donors (Lipinski definition) is 3. The van der Waals surface area contributed by atoms with Crippen molar-refractivity contribution in [2.45, 2.75) is 31.7 Å². The summed E-state index contributed by atoms with van der Waals surface area (Å²) in [6.07, 6.45) is 5.09. The van der Waals surface area contributed by atoms with Gasteiger partial charge in [-0.1, -0.05) is 18.2 Å². The molecule has 198 valence electrons. The second-order valence-corrected chi connectivity index (χ2v) is 10.1. The second kappa shape index (κ2) is 11.6. The van der Waals surface area contributed by atoms with Gasteiger partial charge in [0.25, 0.3) is 0 Å². The smallest absolute Gasteiger partial charge is 0.225 e. The molecule has 5 rings (SSSR count). The van der Waals surface area contributed by atoms with Gasteiger partial charge in [-0.3, -0.25) is 10.2 Å². The number of nitrogen functional groups attached to an aromatic ring is 1. The maximum atomic E-state index is 13.2. The number of benzene rings is 2. The summed E-state index contributed by atoms with van der Waals surface area (Å²) in [7, 11) is 2.11. The number of carbonyl (C=O) groups is 1. The van der Waals surface area contributed by atoms with E-state index in [-0.39, 0.29) is 29.4 Å². The number of piperidine rings is 2. The molecule has 2 aliphatic heterocycles. The van der Waals surface area contributed by atoms with E-state index in [1.54, 1.807) is 0 Å². The summed E-state index contributed by atoms with van der Waals surface area (Å²) in [5.41, 5.74) is 7.62. The van der Waals surface area contributed by atoms with Gasteiger partial charge in [-0.2, -0.15) is 0 Å². The molecule has 2 saturated heterocycles. The summed E-state index contributed by atoms with van der Waals surface area (Å²) in [5, 5.41) is 12.4. The predicted octanol–water partition coefficient (Wildman–Crippen LogP) is 4.01. The van der Waals surface area contributed by atoms with Crippen LogP contribution in [-0.2, 0) is 4.79 Å². The molecule has 0 spiro atoms. The summed E-state index contributed by atoms with van der Waals surface area (Å²) in [6, 6.07) is 16.9. The molecule has 1 atom stereocenters. The summed E-state index contributed by atoms with van der Waals surface area (Å²) in [4.78, 5) is 26.1. The zero-order valence-corrected chi connectivity index (χ0v) is 21.8. The van der Waals surface area contributed by atoms with Crippen LogP contribution < -0.4 is 15.8 Å². The van der Waals surface area contributed by atoms with Gasteiger partial charge >= 0.3 is 0 Å². The van der Waals surface area contributed by atoms with Gasteiger partial charge in [0.2, 0.25) is 5.91 Å². The topological polar surface area (TPSA) is 120 Å². The van der Waals surface area contributed by atoms with Crippen LogP contribution >= 0.6 is 0 Å². The van der Waals surface area contributed by atoms with Gasteiger partial charge in [0.15, 0.2) is 0 Å². The lowest BCUT2D eigenvalue weighted by atomic mass is 9.94. The number of aromatic nitrogens is 2. The first-order valence-electron chi connectivity index (χ1n) is 13.2. The highest BCUT2D eigenvalue weighted by Gasteiger charge is 2.31. The van der Waals surface area contributed by atoms with Gasteiger partial charge < -0.3 is 25.6 Å². The van der Waals surface area contributed by atoms with E-state index in [4.69, 9.17) is 15.9 Å². The highest BCUT2D eigenvalue weighted by atomic mass is 16.5. The lowest BCUT2D eigenvalue weighted by molar-refractivity contribution is -0.138. The molecule has 4 N–H and O–H groups in total. The number of nitrogens with zero attached hydrogens (tertiary/aromatic N) is 4. The first kappa shape index (κ1) is 25.7. The maximum absolute atomic E-state index is 13.2. The van der Waals surface area contributed by atoms with E-state index in [0.717, 1.165) is 51.1 Å². The number of nitrogens with two attached hydrogens (primary N) is 1. The molecular formula is C29H35N7O2. The Morgan fingerprint density at radius 3 is 2.45 bits per heavy atom. The molecule has 9 heteroatoms. The number of hydrogen-bond acceptors (Lipinski definition) is 8. The number of likely N-dealkylation sites (tertiary alicyclic amines) is 2. The van der Waals surface area contributed by atoms with Gasteiger partial charge in [0.05, 0.1) is 11.3 Å². The van der Waals surface area contributed by atoms with Gasteiger partial charge in [0, 0.05) is 30.6 Å². The molecule has 3 aromatic rings. The fourth-order valence-electron chi connectivity index (χ4n) is 5.22. The predicted molar refractivity (Wildman–Crippen MR) is 149 cm³/mol. The minimum Gasteiger partial charge on any atom is -0.457 e. The van der Waals surface area contributed by atoms with E-state index >= 15 is 0 Å². The Morgan fingerprint density at radius 1 is 1.00 bits per heavy atom. The average molecular weight is 514 g/mol. The van der Waals surface area contributed by atoms with Crippen LogP contribution in [0.2, 0.25) is 0 Å². The van der Waals surface area contributed by atoms with Crippen molar-refractivity contribution in [3.63, 3.8) is 0 Å². The van der Waals surface area contributed by atoms with Crippen molar-refractivity contribution in [1.82, 2.24) is 19.8 Å². The Hall–Kier alpha value is -3.98. The standard InChI is InChI=1S/C29H35N7O2/c1-35-16-13-21(14-17-35)29(37)36-15-5-6-22(18-36)34-28-25(27(31)32-19-33-28)26(30)20-9-11-24(12-10-20)38-23-7-3-2-4-8-23/h2-4,7-12,19,21-22,30H,5-6,13-18H2,1H3,(H3,31,32,33,34)/t22-/m1/s1. The molecule has 0 unspecified atom stereocenters. The fraction of sp³-hybridized carbons (Fsp3) is 0.379. The van der Waals surface area contributed by atoms with Crippen LogP contribution in [0, 0.1) is 11.3 Å². The second-order valence-electron chi connectivity index (χ2n) is 10.1. The van der Waals surface area contributed by atoms with E-state index in [1.165, 1.54) is 6.33 Å². The van der Waals surface area contributed by atoms with Crippen LogP contribution in [0.4, 0.5) is 11.6 Å². The maximum Gasteiger partial charge on any atom is 0.225 e. The molecule has 2 aliphatic rings. The number of amides is 1. The third-order valence-electron chi connectivity index (χ3n) is 7.39. The summed E-state index contributed by atoms with van der Waals surface area (Å²) in [5.74, 6) is 2.56. The van der Waals surface area contributed by atoms with Crippen molar-refractivity contribution >= 4 is 23.3 Å². The zero-order chi connectivity index (χ0) is 26.5. The van der Waals surface area contributed by atoms with E-state index < -0.39 is 0 Å². The van der Waals surface area contributed by atoms with E-state index in [2.05, 4.69) is 27.2 Å². The van der Waals surface area contributed by atoms with Gasteiger partial charge in [0.1, 0.15) is 29.5 Å². The fourth-order valence-corrected chi connectivity index (χ4v) is 5.22. The monoisotopic (exact) mass is 513 g/mol. The molecule has 1 aromatic heterocycles. The molecule has 0 saturated carbocycles. The van der Waals surface area contributed by atoms with Crippen LogP contribution in [0.3, 0.4) is 0 Å². The minimum absolute atomic E-state index is 0.0291. The van der Waals surface area contributed by atoms with E-state index in [0.29, 0.717) is 29.2 Å². The molecule has 1 amide bonds. The highest BCUT2D eigenvalue weighted by molar-refractivity contribution is 6.16. The van der Waals surface area contributed by atoms with Crippen LogP contribution in [0.5, 0.6) is 11.5 Å². The third kappa shape index (κ3) is 5.94. The van der Waals surface area contributed by atoms with Crippen molar-refractivity contribution in [3.05, 3.63) is 72.1 Å². The van der Waals surface area contributed by atoms with E-state index in [9.17, 15) is 4.79 Å². The zero-order valence-electron chi connectivity index (χ0n) is 21.8. The van der Waals surface area contributed by atoms with Crippen molar-refractivity contribution < 1.29 is 9.53 Å². The van der Waals surface area contributed by atoms with Crippen LogP contribution in [0.1, 0.15) is 36.8 Å². The number of para-hydroxylation sites is 1. The minimum atomic E-state index is 0.0291. The number of ether oxygens (including phenoxy) is 1. The number of anilines is 2. The molecule has 0 bridgehead atoms. The first-order chi connectivity index (χ1) is 18.5. The molecule has 3 heterocycles. The van der Waals surface area contributed by atoms with Gasteiger partial charge in [-0.15, -0.1) is 0 Å². The van der Waals surface area contributed by atoms with Crippen molar-refractivity contribution in [3.8, 4) is 11.5 Å². The lowest BCUT2D eigenvalue weighted by Gasteiger charge is -2.37. The number of rotatable bonds is 7. The largest absolute Gasteiger partial charge is 0.457 e. The van der Waals surface area contributed by atoms with Crippen LogP contribution in [0.25, 0.3) is 0 Å². The van der Waals surface area contributed by atoms with Gasteiger partial charge in [-0.25, -0.2) is 9.97 Å². The third-order valence-corrected chi connectivity index (χ3v) is 7.39. The summed E-state index contributed by atoms with van der Waals surface area (Å²) >= 11 is 0. The molecule has 9 nitrogen and oxygen atoms in total. The Kier molecular flexibility index (Phi) is 7.83. The first-order valence-corrected chi connectivity index (χ1v) is 13.2. The van der Waals surface area contributed by atoms with Crippen LogP contribution in [0.15, 0.2) is 60.9 Å². The molecule has 0 aliphatic carbocycles. The average Bonchev–Trinajstić information content (AvgIpc) is 2.94. The van der Waals surface area contributed by atoms with E-state index in [1.807, 2.05) is 59.5 Å².